The number of aromatic nitrogens is 2. The van der Waals surface area contributed by atoms with E-state index in [1.807, 2.05) is 42.5 Å². The Morgan fingerprint density at radius 3 is 2.42 bits per heavy atom. The highest BCUT2D eigenvalue weighted by molar-refractivity contribution is 5.81. The Labute approximate surface area is 212 Å². The molecular weight excluding hydrogens is 460 g/mol. The molecule has 9 heteroatoms. The van der Waals surface area contributed by atoms with Crippen LogP contribution in [-0.2, 0) is 20.8 Å². The maximum absolute atomic E-state index is 12.1. The second-order valence-electron chi connectivity index (χ2n) is 9.50. The summed E-state index contributed by atoms with van der Waals surface area (Å²) in [4.78, 5) is 29.0. The van der Waals surface area contributed by atoms with Crippen LogP contribution in [0.25, 0.3) is 11.0 Å². The first-order valence-electron chi connectivity index (χ1n) is 12.1. The first kappa shape index (κ1) is 26.8. The lowest BCUT2D eigenvalue weighted by atomic mass is 10.1. The fraction of sp³-hybridized carbons (Fsp3) is 0.444. The Balaban J connectivity index is 1.59. The van der Waals surface area contributed by atoms with Crippen LogP contribution in [0.4, 0.5) is 10.7 Å². The molecule has 9 nitrogen and oxygen atoms in total. The van der Waals surface area contributed by atoms with Crippen molar-refractivity contribution in [2.75, 3.05) is 26.1 Å². The summed E-state index contributed by atoms with van der Waals surface area (Å²) >= 11 is 0. The zero-order valence-corrected chi connectivity index (χ0v) is 21.7. The molecule has 36 heavy (non-hydrogen) atoms. The van der Waals surface area contributed by atoms with Crippen LogP contribution in [0.1, 0.15) is 45.6 Å². The molecule has 1 atom stereocenters. The number of nitrogens with one attached hydrogen (secondary N) is 2. The van der Waals surface area contributed by atoms with E-state index in [9.17, 15) is 9.59 Å². The van der Waals surface area contributed by atoms with Gasteiger partial charge in [-0.05, 0) is 69.9 Å². The number of alkyl carbamates (subject to hydrolysis) is 1. The number of benzene rings is 2. The molecule has 1 amide bonds. The molecule has 0 aliphatic heterocycles. The molecule has 0 bridgehead atoms. The Kier molecular flexibility index (Phi) is 9.16. The predicted molar refractivity (Wildman–Crippen MR) is 139 cm³/mol. The van der Waals surface area contributed by atoms with Gasteiger partial charge in [-0.25, -0.2) is 14.6 Å². The van der Waals surface area contributed by atoms with E-state index in [2.05, 4.69) is 21.3 Å². The molecule has 0 spiro atoms. The number of anilines is 1. The summed E-state index contributed by atoms with van der Waals surface area (Å²) in [6, 6.07) is 15.3. The lowest BCUT2D eigenvalue weighted by Crippen LogP contribution is -2.44. The molecule has 0 saturated heterocycles. The maximum atomic E-state index is 12.1. The lowest BCUT2D eigenvalue weighted by molar-refractivity contribution is -0.143. The van der Waals surface area contributed by atoms with E-state index in [4.69, 9.17) is 19.2 Å². The van der Waals surface area contributed by atoms with E-state index < -0.39 is 23.7 Å². The van der Waals surface area contributed by atoms with E-state index in [0.29, 0.717) is 25.9 Å². The van der Waals surface area contributed by atoms with Crippen LogP contribution in [0.3, 0.4) is 0 Å². The summed E-state index contributed by atoms with van der Waals surface area (Å²) in [5.74, 6) is 1.11. The van der Waals surface area contributed by atoms with Gasteiger partial charge in [0.05, 0.1) is 31.8 Å². The Morgan fingerprint density at radius 1 is 1.03 bits per heavy atom. The van der Waals surface area contributed by atoms with Gasteiger partial charge in [0.2, 0.25) is 5.95 Å². The minimum Gasteiger partial charge on any atom is -0.497 e. The molecule has 0 aliphatic rings. The molecule has 0 fully saturated rings. The number of fused-ring (bicyclic) bond motifs is 1. The Morgan fingerprint density at radius 2 is 1.75 bits per heavy atom. The molecule has 3 aromatic rings. The molecule has 3 rings (SSSR count). The number of ether oxygens (including phenoxy) is 3. The zero-order valence-electron chi connectivity index (χ0n) is 21.7. The van der Waals surface area contributed by atoms with Crippen LogP contribution in [0, 0.1) is 0 Å². The maximum Gasteiger partial charge on any atom is 0.408 e. The third kappa shape index (κ3) is 7.63. The standard InChI is InChI=1S/C27H36N4O5/c1-27(2,3)36-26(33)30-22(24(32)35-5)11-8-9-17-28-25-29-21-10-6-7-12-23(21)31(25)18-19-13-15-20(34-4)16-14-19/h6-7,10,12-16,22H,8-9,11,17-18H2,1-5H3,(H,28,29)(H,30,33). The summed E-state index contributed by atoms with van der Waals surface area (Å²) in [6.45, 7) is 6.64. The average molecular weight is 497 g/mol. The van der Waals surface area contributed by atoms with Crippen molar-refractivity contribution in [3.05, 3.63) is 54.1 Å². The van der Waals surface area contributed by atoms with E-state index in [0.717, 1.165) is 34.7 Å². The van der Waals surface area contributed by atoms with Gasteiger partial charge in [-0.1, -0.05) is 24.3 Å². The van der Waals surface area contributed by atoms with Crippen molar-refractivity contribution in [1.82, 2.24) is 14.9 Å². The molecular formula is C27H36N4O5. The Hall–Kier alpha value is -3.75. The van der Waals surface area contributed by atoms with Gasteiger partial charge < -0.3 is 29.4 Å². The normalized spacial score (nSPS) is 12.1. The summed E-state index contributed by atoms with van der Waals surface area (Å²) in [5.41, 5.74) is 2.45. The van der Waals surface area contributed by atoms with Crippen molar-refractivity contribution < 1.29 is 23.8 Å². The largest absolute Gasteiger partial charge is 0.497 e. The SMILES string of the molecule is COC(=O)C(CCCCNc1nc2ccccc2n1Cc1ccc(OC)cc1)NC(=O)OC(C)(C)C. The van der Waals surface area contributed by atoms with Crippen LogP contribution in [-0.4, -0.2) is 54.0 Å². The number of carbonyl (C=O) groups excluding carboxylic acids is 2. The molecule has 1 heterocycles. The summed E-state index contributed by atoms with van der Waals surface area (Å²) in [7, 11) is 2.96. The van der Waals surface area contributed by atoms with Crippen LogP contribution in [0.5, 0.6) is 5.75 Å². The highest BCUT2D eigenvalue weighted by Crippen LogP contribution is 2.22. The fourth-order valence-corrected chi connectivity index (χ4v) is 3.80. The quantitative estimate of drug-likeness (QED) is 0.292. The number of esters is 1. The number of methoxy groups -OCH3 is 2. The van der Waals surface area contributed by atoms with Crippen molar-refractivity contribution >= 4 is 29.0 Å². The first-order valence-corrected chi connectivity index (χ1v) is 12.1. The highest BCUT2D eigenvalue weighted by atomic mass is 16.6. The van der Waals surface area contributed by atoms with Crippen LogP contribution >= 0.6 is 0 Å². The van der Waals surface area contributed by atoms with Gasteiger partial charge in [0.25, 0.3) is 0 Å². The minimum atomic E-state index is -0.760. The van der Waals surface area contributed by atoms with Gasteiger partial charge in [0, 0.05) is 6.54 Å². The molecule has 1 unspecified atom stereocenters. The first-order chi connectivity index (χ1) is 17.2. The van der Waals surface area contributed by atoms with Gasteiger partial charge in [0.15, 0.2) is 0 Å². The topological polar surface area (TPSA) is 104 Å². The smallest absolute Gasteiger partial charge is 0.408 e. The van der Waals surface area contributed by atoms with Gasteiger partial charge in [-0.2, -0.15) is 0 Å². The molecule has 2 aromatic carbocycles. The molecule has 194 valence electrons. The zero-order chi connectivity index (χ0) is 26.1. The number of carbonyl (C=O) groups is 2. The Bertz CT molecular complexity index is 1150. The number of nitrogens with zero attached hydrogens (tertiary/aromatic N) is 2. The third-order valence-corrected chi connectivity index (χ3v) is 5.53. The van der Waals surface area contributed by atoms with Crippen molar-refractivity contribution in [2.45, 2.75) is 58.2 Å². The van der Waals surface area contributed by atoms with E-state index in [-0.39, 0.29) is 0 Å². The number of amides is 1. The van der Waals surface area contributed by atoms with Gasteiger partial charge >= 0.3 is 12.1 Å². The molecule has 1 aromatic heterocycles. The fourth-order valence-electron chi connectivity index (χ4n) is 3.80. The molecule has 2 N–H and O–H groups in total. The average Bonchev–Trinajstić information content (AvgIpc) is 3.19. The van der Waals surface area contributed by atoms with Crippen LogP contribution in [0.15, 0.2) is 48.5 Å². The third-order valence-electron chi connectivity index (χ3n) is 5.53. The number of para-hydroxylation sites is 2. The van der Waals surface area contributed by atoms with Gasteiger partial charge in [0.1, 0.15) is 17.4 Å². The molecule has 0 saturated carbocycles. The lowest BCUT2D eigenvalue weighted by Gasteiger charge is -2.22. The second-order valence-corrected chi connectivity index (χ2v) is 9.50. The number of unbranched alkanes of at least 4 members (excludes halogenated alkanes) is 1. The molecule has 0 aliphatic carbocycles. The van der Waals surface area contributed by atoms with Crippen molar-refractivity contribution in [3.63, 3.8) is 0 Å². The van der Waals surface area contributed by atoms with E-state index in [1.165, 1.54) is 7.11 Å². The van der Waals surface area contributed by atoms with Crippen molar-refractivity contribution in [3.8, 4) is 5.75 Å². The molecule has 0 radical (unpaired) electrons. The predicted octanol–water partition coefficient (Wildman–Crippen LogP) is 4.74. The summed E-state index contributed by atoms with van der Waals surface area (Å²) in [6.07, 6.45) is 1.27. The van der Waals surface area contributed by atoms with Crippen molar-refractivity contribution in [2.24, 2.45) is 0 Å². The summed E-state index contributed by atoms with van der Waals surface area (Å²) in [5, 5.41) is 6.05. The van der Waals surface area contributed by atoms with E-state index in [1.54, 1.807) is 27.9 Å². The van der Waals surface area contributed by atoms with Gasteiger partial charge in [-0.3, -0.25) is 0 Å². The van der Waals surface area contributed by atoms with Crippen LogP contribution in [0.2, 0.25) is 0 Å². The van der Waals surface area contributed by atoms with E-state index >= 15 is 0 Å². The minimum absolute atomic E-state index is 0.440. The highest BCUT2D eigenvalue weighted by Gasteiger charge is 2.24. The number of hydrogen-bond donors (Lipinski definition) is 2. The number of hydrogen-bond acceptors (Lipinski definition) is 7. The van der Waals surface area contributed by atoms with Crippen molar-refractivity contribution in [1.29, 1.82) is 0 Å². The van der Waals surface area contributed by atoms with Gasteiger partial charge in [-0.15, -0.1) is 0 Å². The second kappa shape index (κ2) is 12.3. The number of imidazole rings is 1. The van der Waals surface area contributed by atoms with Crippen LogP contribution < -0.4 is 15.4 Å². The number of rotatable bonds is 11. The monoisotopic (exact) mass is 496 g/mol. The summed E-state index contributed by atoms with van der Waals surface area (Å²) < 4.78 is 17.5.